The van der Waals surface area contributed by atoms with Crippen molar-refractivity contribution in [2.75, 3.05) is 10.2 Å². The van der Waals surface area contributed by atoms with Crippen LogP contribution < -0.4 is 10.2 Å². The summed E-state index contributed by atoms with van der Waals surface area (Å²) in [5, 5.41) is 3.44. The number of carbonyl (C=O) groups is 2. The Morgan fingerprint density at radius 1 is 1.08 bits per heavy atom. The molecular weight excluding hydrogens is 384 g/mol. The molecule has 2 amide bonds. The largest absolute Gasteiger partial charge is 0.326 e. The van der Waals surface area contributed by atoms with Gasteiger partial charge in [-0.3, -0.25) is 14.5 Å². The number of nitrogens with one attached hydrogen (secondary N) is 1. The smallest absolute Gasteiger partial charge is 0.229 e. The maximum Gasteiger partial charge on any atom is 0.229 e. The van der Waals surface area contributed by atoms with Gasteiger partial charge in [-0.2, -0.15) is 0 Å². The maximum atomic E-state index is 12.3. The van der Waals surface area contributed by atoms with Crippen molar-refractivity contribution in [1.82, 2.24) is 9.97 Å². The third-order valence-corrected chi connectivity index (χ3v) is 4.02. The molecule has 6 nitrogen and oxygen atoms in total. The fourth-order valence-electron chi connectivity index (χ4n) is 2.57. The highest BCUT2D eigenvalue weighted by molar-refractivity contribution is 9.10. The lowest BCUT2D eigenvalue weighted by Gasteiger charge is -2.21. The number of aromatic nitrogens is 2. The Morgan fingerprint density at radius 3 is 2.56 bits per heavy atom. The first kappa shape index (κ1) is 17.0. The molecule has 0 fully saturated rings. The second kappa shape index (κ2) is 6.98. The molecule has 7 heteroatoms. The van der Waals surface area contributed by atoms with E-state index in [-0.39, 0.29) is 11.8 Å². The van der Waals surface area contributed by atoms with E-state index in [1.54, 1.807) is 18.2 Å². The second-order valence-corrected chi connectivity index (χ2v) is 6.36. The fraction of sp³-hybridized carbons (Fsp3) is 0.111. The molecule has 2 aromatic carbocycles. The fourth-order valence-corrected chi connectivity index (χ4v) is 2.96. The van der Waals surface area contributed by atoms with Crippen LogP contribution in [0.1, 0.15) is 13.8 Å². The molecule has 0 aliphatic heterocycles. The minimum Gasteiger partial charge on any atom is -0.326 e. The van der Waals surface area contributed by atoms with Crippen LogP contribution in [0.25, 0.3) is 10.9 Å². The van der Waals surface area contributed by atoms with Crippen LogP contribution in [-0.2, 0) is 9.59 Å². The molecule has 0 bridgehead atoms. The van der Waals surface area contributed by atoms with Crippen LogP contribution in [0.2, 0.25) is 0 Å². The Labute approximate surface area is 153 Å². The Kier molecular flexibility index (Phi) is 4.76. The summed E-state index contributed by atoms with van der Waals surface area (Å²) in [6.07, 6.45) is 1.41. The summed E-state index contributed by atoms with van der Waals surface area (Å²) in [6.45, 7) is 2.93. The first-order valence-electron chi connectivity index (χ1n) is 7.54. The predicted molar refractivity (Wildman–Crippen MR) is 101 cm³/mol. The monoisotopic (exact) mass is 398 g/mol. The lowest BCUT2D eigenvalue weighted by molar-refractivity contribution is -0.116. The quantitative estimate of drug-likeness (QED) is 0.722. The summed E-state index contributed by atoms with van der Waals surface area (Å²) in [5.74, 6) is 0.169. The van der Waals surface area contributed by atoms with E-state index in [1.165, 1.54) is 25.1 Å². The number of anilines is 3. The minimum absolute atomic E-state index is 0.159. The van der Waals surface area contributed by atoms with Gasteiger partial charge in [0.05, 0.1) is 11.2 Å². The SMILES string of the molecule is CC(=O)Nc1ccc2c(N(C(C)=O)c3cccc(Br)c3)ncnc2c1. The number of hydrogen-bond donors (Lipinski definition) is 1. The van der Waals surface area contributed by atoms with E-state index in [9.17, 15) is 9.59 Å². The van der Waals surface area contributed by atoms with Gasteiger partial charge in [-0.05, 0) is 36.4 Å². The van der Waals surface area contributed by atoms with E-state index in [4.69, 9.17) is 0 Å². The molecule has 0 aliphatic carbocycles. The van der Waals surface area contributed by atoms with Gasteiger partial charge in [0.25, 0.3) is 0 Å². The van der Waals surface area contributed by atoms with Crippen LogP contribution in [0.4, 0.5) is 17.2 Å². The third kappa shape index (κ3) is 3.66. The van der Waals surface area contributed by atoms with Gasteiger partial charge in [0.2, 0.25) is 11.8 Å². The van der Waals surface area contributed by atoms with Crippen LogP contribution >= 0.6 is 15.9 Å². The van der Waals surface area contributed by atoms with Crippen molar-refractivity contribution in [3.8, 4) is 0 Å². The zero-order valence-electron chi connectivity index (χ0n) is 13.7. The molecule has 0 aliphatic rings. The molecule has 0 saturated carbocycles. The number of rotatable bonds is 3. The summed E-state index contributed by atoms with van der Waals surface area (Å²) < 4.78 is 0.863. The van der Waals surface area contributed by atoms with Gasteiger partial charge >= 0.3 is 0 Å². The Balaban J connectivity index is 2.15. The first-order chi connectivity index (χ1) is 12.0. The molecule has 3 rings (SSSR count). The maximum absolute atomic E-state index is 12.3. The predicted octanol–water partition coefficient (Wildman–Crippen LogP) is 4.04. The lowest BCUT2D eigenvalue weighted by atomic mass is 10.2. The number of halogens is 1. The number of hydrogen-bond acceptors (Lipinski definition) is 4. The number of nitrogens with zero attached hydrogens (tertiary/aromatic N) is 3. The molecule has 1 heterocycles. The van der Waals surface area contributed by atoms with Crippen molar-refractivity contribution in [2.45, 2.75) is 13.8 Å². The third-order valence-electron chi connectivity index (χ3n) is 3.53. The normalized spacial score (nSPS) is 10.5. The highest BCUT2D eigenvalue weighted by Gasteiger charge is 2.19. The number of amides is 2. The number of benzene rings is 2. The van der Waals surface area contributed by atoms with Crippen molar-refractivity contribution in [2.24, 2.45) is 0 Å². The minimum atomic E-state index is -0.163. The molecule has 0 spiro atoms. The standard InChI is InChI=1S/C18H15BrN4O2/c1-11(24)22-14-6-7-16-17(9-14)20-10-21-18(16)23(12(2)25)15-5-3-4-13(19)8-15/h3-10H,1-2H3,(H,22,24). The average molecular weight is 399 g/mol. The molecule has 1 aromatic heterocycles. The van der Waals surface area contributed by atoms with Crippen LogP contribution in [0.15, 0.2) is 53.3 Å². The highest BCUT2D eigenvalue weighted by atomic mass is 79.9. The van der Waals surface area contributed by atoms with Crippen molar-refractivity contribution in [1.29, 1.82) is 0 Å². The summed E-state index contributed by atoms with van der Waals surface area (Å²) in [6, 6.07) is 12.7. The molecule has 0 atom stereocenters. The Hall–Kier alpha value is -2.80. The molecule has 3 aromatic rings. The average Bonchev–Trinajstić information content (AvgIpc) is 2.54. The van der Waals surface area contributed by atoms with Gasteiger partial charge in [0.1, 0.15) is 6.33 Å². The first-order valence-corrected chi connectivity index (χ1v) is 8.33. The summed E-state index contributed by atoms with van der Waals surface area (Å²) in [7, 11) is 0. The molecule has 1 N–H and O–H groups in total. The van der Waals surface area contributed by atoms with E-state index in [1.807, 2.05) is 24.3 Å². The van der Waals surface area contributed by atoms with Crippen molar-refractivity contribution in [3.05, 3.63) is 53.3 Å². The van der Waals surface area contributed by atoms with Crippen LogP contribution in [0.5, 0.6) is 0 Å². The van der Waals surface area contributed by atoms with E-state index in [0.717, 1.165) is 4.47 Å². The van der Waals surface area contributed by atoms with Gasteiger partial charge in [0, 0.05) is 29.4 Å². The Morgan fingerprint density at radius 2 is 1.88 bits per heavy atom. The molecule has 25 heavy (non-hydrogen) atoms. The van der Waals surface area contributed by atoms with Gasteiger partial charge in [0.15, 0.2) is 5.82 Å². The molecular formula is C18H15BrN4O2. The molecule has 0 saturated heterocycles. The zero-order chi connectivity index (χ0) is 18.0. The van der Waals surface area contributed by atoms with E-state index >= 15 is 0 Å². The van der Waals surface area contributed by atoms with Gasteiger partial charge in [-0.1, -0.05) is 22.0 Å². The van der Waals surface area contributed by atoms with Crippen molar-refractivity contribution >= 4 is 55.8 Å². The van der Waals surface area contributed by atoms with E-state index in [2.05, 4.69) is 31.2 Å². The number of carbonyl (C=O) groups excluding carboxylic acids is 2. The molecule has 0 unspecified atom stereocenters. The van der Waals surface area contributed by atoms with Gasteiger partial charge in [-0.15, -0.1) is 0 Å². The second-order valence-electron chi connectivity index (χ2n) is 5.44. The van der Waals surface area contributed by atoms with Crippen LogP contribution in [-0.4, -0.2) is 21.8 Å². The van der Waals surface area contributed by atoms with E-state index < -0.39 is 0 Å². The van der Waals surface area contributed by atoms with E-state index in [0.29, 0.717) is 28.1 Å². The van der Waals surface area contributed by atoms with Crippen molar-refractivity contribution in [3.63, 3.8) is 0 Å². The molecule has 0 radical (unpaired) electrons. The summed E-state index contributed by atoms with van der Waals surface area (Å²) in [4.78, 5) is 33.6. The summed E-state index contributed by atoms with van der Waals surface area (Å²) in [5.41, 5.74) is 1.98. The highest BCUT2D eigenvalue weighted by Crippen LogP contribution is 2.32. The van der Waals surface area contributed by atoms with Crippen molar-refractivity contribution < 1.29 is 9.59 Å². The lowest BCUT2D eigenvalue weighted by Crippen LogP contribution is -2.24. The van der Waals surface area contributed by atoms with Crippen LogP contribution in [0.3, 0.4) is 0 Å². The number of fused-ring (bicyclic) bond motifs is 1. The Bertz CT molecular complexity index is 974. The van der Waals surface area contributed by atoms with Gasteiger partial charge < -0.3 is 5.32 Å². The molecule has 126 valence electrons. The van der Waals surface area contributed by atoms with Crippen LogP contribution in [0, 0.1) is 0 Å². The summed E-state index contributed by atoms with van der Waals surface area (Å²) >= 11 is 3.42. The van der Waals surface area contributed by atoms with Gasteiger partial charge in [-0.25, -0.2) is 9.97 Å². The zero-order valence-corrected chi connectivity index (χ0v) is 15.2. The topological polar surface area (TPSA) is 75.2 Å².